The summed E-state index contributed by atoms with van der Waals surface area (Å²) in [5, 5.41) is 3.54. The monoisotopic (exact) mass is 345 g/mol. The molecule has 2 rings (SSSR count). The summed E-state index contributed by atoms with van der Waals surface area (Å²) in [7, 11) is 0. The molecule has 1 N–H and O–H groups in total. The Morgan fingerprint density at radius 2 is 1.80 bits per heavy atom. The molecule has 1 aliphatic rings. The zero-order chi connectivity index (χ0) is 17.9. The molecule has 2 heteroatoms. The third-order valence-electron chi connectivity index (χ3n) is 5.60. The summed E-state index contributed by atoms with van der Waals surface area (Å²) in [5.41, 5.74) is 2.55. The number of hydrogen-bond acceptors (Lipinski definition) is 2. The third kappa shape index (κ3) is 6.92. The Labute approximate surface area is 155 Å². The fourth-order valence-corrected chi connectivity index (χ4v) is 3.97. The van der Waals surface area contributed by atoms with Crippen molar-refractivity contribution in [2.75, 3.05) is 11.9 Å². The predicted octanol–water partition coefficient (Wildman–Crippen LogP) is 7.12. The molecule has 1 atom stereocenters. The van der Waals surface area contributed by atoms with E-state index in [9.17, 15) is 0 Å². The first-order valence-electron chi connectivity index (χ1n) is 10.8. The van der Waals surface area contributed by atoms with Gasteiger partial charge in [0.25, 0.3) is 0 Å². The molecular weight excluding hydrogens is 306 g/mol. The van der Waals surface area contributed by atoms with Crippen LogP contribution in [0.15, 0.2) is 18.2 Å². The van der Waals surface area contributed by atoms with Gasteiger partial charge in [-0.1, -0.05) is 52.4 Å². The van der Waals surface area contributed by atoms with Gasteiger partial charge in [0.1, 0.15) is 11.9 Å². The Kier molecular flexibility index (Phi) is 9.21. The van der Waals surface area contributed by atoms with E-state index in [2.05, 4.69) is 44.3 Å². The number of ether oxygens (including phenoxy) is 1. The van der Waals surface area contributed by atoms with Gasteiger partial charge >= 0.3 is 0 Å². The number of rotatable bonds is 11. The quantitative estimate of drug-likeness (QED) is 0.431. The SMILES string of the molecule is CCCCCC(Oc1ccc(NCCCC)c(C)c1)C1CCCCC1. The van der Waals surface area contributed by atoms with Gasteiger partial charge in [0, 0.05) is 12.2 Å². The van der Waals surface area contributed by atoms with Gasteiger partial charge in [0.15, 0.2) is 0 Å². The van der Waals surface area contributed by atoms with Crippen LogP contribution in [0.25, 0.3) is 0 Å². The van der Waals surface area contributed by atoms with Crippen LogP contribution < -0.4 is 10.1 Å². The predicted molar refractivity (Wildman–Crippen MR) is 110 cm³/mol. The fourth-order valence-electron chi connectivity index (χ4n) is 3.97. The standard InChI is InChI=1S/C23H39NO/c1-4-6-9-14-23(20-12-10-8-11-13-20)25-21-15-16-22(19(3)18-21)24-17-7-5-2/h15-16,18,20,23-24H,4-14,17H2,1-3H3. The lowest BCUT2D eigenvalue weighted by Crippen LogP contribution is -2.29. The molecule has 0 saturated heterocycles. The van der Waals surface area contributed by atoms with Crippen molar-refractivity contribution >= 4 is 5.69 Å². The molecule has 0 radical (unpaired) electrons. The van der Waals surface area contributed by atoms with E-state index in [0.717, 1.165) is 18.2 Å². The molecule has 0 spiro atoms. The summed E-state index contributed by atoms with van der Waals surface area (Å²) >= 11 is 0. The Morgan fingerprint density at radius 3 is 2.48 bits per heavy atom. The summed E-state index contributed by atoms with van der Waals surface area (Å²) in [6.45, 7) is 7.76. The van der Waals surface area contributed by atoms with Crippen LogP contribution in [0.5, 0.6) is 5.75 Å². The first kappa shape index (κ1) is 20.1. The maximum absolute atomic E-state index is 6.53. The summed E-state index contributed by atoms with van der Waals surface area (Å²) in [6, 6.07) is 6.59. The molecule has 1 aromatic carbocycles. The molecule has 0 bridgehead atoms. The van der Waals surface area contributed by atoms with Crippen molar-refractivity contribution in [1.29, 1.82) is 0 Å². The lowest BCUT2D eigenvalue weighted by atomic mass is 9.83. The third-order valence-corrected chi connectivity index (χ3v) is 5.60. The lowest BCUT2D eigenvalue weighted by Gasteiger charge is -2.31. The number of aryl methyl sites for hydroxylation is 1. The molecule has 1 unspecified atom stereocenters. The molecule has 1 saturated carbocycles. The van der Waals surface area contributed by atoms with Gasteiger partial charge in [-0.05, 0) is 68.7 Å². The van der Waals surface area contributed by atoms with E-state index in [1.54, 1.807) is 0 Å². The molecule has 0 heterocycles. The van der Waals surface area contributed by atoms with Crippen molar-refractivity contribution in [2.45, 2.75) is 97.5 Å². The summed E-state index contributed by atoms with van der Waals surface area (Å²) in [5.74, 6) is 1.82. The molecule has 0 aliphatic heterocycles. The molecule has 2 nitrogen and oxygen atoms in total. The van der Waals surface area contributed by atoms with E-state index in [1.807, 2.05) is 0 Å². The van der Waals surface area contributed by atoms with Crippen molar-refractivity contribution < 1.29 is 4.74 Å². The highest BCUT2D eigenvalue weighted by Crippen LogP contribution is 2.32. The number of nitrogens with one attached hydrogen (secondary N) is 1. The van der Waals surface area contributed by atoms with E-state index >= 15 is 0 Å². The van der Waals surface area contributed by atoms with Crippen LogP contribution in [-0.2, 0) is 0 Å². The van der Waals surface area contributed by atoms with E-state index in [0.29, 0.717) is 6.10 Å². The lowest BCUT2D eigenvalue weighted by molar-refractivity contribution is 0.0970. The zero-order valence-electron chi connectivity index (χ0n) is 16.8. The Bertz CT molecular complexity index is 479. The van der Waals surface area contributed by atoms with Crippen LogP contribution >= 0.6 is 0 Å². The molecule has 1 fully saturated rings. The minimum absolute atomic E-state index is 0.408. The number of unbranched alkanes of at least 4 members (excludes halogenated alkanes) is 3. The van der Waals surface area contributed by atoms with E-state index in [4.69, 9.17) is 4.74 Å². The molecule has 1 aromatic rings. The Balaban J connectivity index is 1.97. The highest BCUT2D eigenvalue weighted by atomic mass is 16.5. The molecule has 0 aromatic heterocycles. The minimum atomic E-state index is 0.408. The van der Waals surface area contributed by atoms with Crippen LogP contribution in [0.4, 0.5) is 5.69 Å². The van der Waals surface area contributed by atoms with Gasteiger partial charge in [0.2, 0.25) is 0 Å². The summed E-state index contributed by atoms with van der Waals surface area (Å²) < 4.78 is 6.53. The highest BCUT2D eigenvalue weighted by molar-refractivity contribution is 5.53. The Morgan fingerprint density at radius 1 is 1.04 bits per heavy atom. The largest absolute Gasteiger partial charge is 0.490 e. The van der Waals surface area contributed by atoms with E-state index in [-0.39, 0.29) is 0 Å². The van der Waals surface area contributed by atoms with Gasteiger partial charge in [-0.25, -0.2) is 0 Å². The maximum atomic E-state index is 6.53. The van der Waals surface area contributed by atoms with Crippen molar-refractivity contribution in [2.24, 2.45) is 5.92 Å². The average Bonchev–Trinajstić information content (AvgIpc) is 2.64. The molecule has 142 valence electrons. The first-order valence-corrected chi connectivity index (χ1v) is 10.8. The van der Waals surface area contributed by atoms with Gasteiger partial charge in [-0.3, -0.25) is 0 Å². The van der Waals surface area contributed by atoms with Gasteiger partial charge in [-0.15, -0.1) is 0 Å². The molecule has 1 aliphatic carbocycles. The maximum Gasteiger partial charge on any atom is 0.120 e. The molecular formula is C23H39NO. The normalized spacial score (nSPS) is 16.6. The topological polar surface area (TPSA) is 21.3 Å². The van der Waals surface area contributed by atoms with Gasteiger partial charge in [-0.2, -0.15) is 0 Å². The van der Waals surface area contributed by atoms with E-state index in [1.165, 1.54) is 81.9 Å². The summed E-state index contributed by atoms with van der Waals surface area (Å²) in [6.07, 6.45) is 14.9. The second kappa shape index (κ2) is 11.4. The van der Waals surface area contributed by atoms with Crippen molar-refractivity contribution in [3.8, 4) is 5.75 Å². The summed E-state index contributed by atoms with van der Waals surface area (Å²) in [4.78, 5) is 0. The van der Waals surface area contributed by atoms with Crippen molar-refractivity contribution in [1.82, 2.24) is 0 Å². The van der Waals surface area contributed by atoms with Crippen LogP contribution in [0, 0.1) is 12.8 Å². The zero-order valence-corrected chi connectivity index (χ0v) is 16.8. The highest BCUT2D eigenvalue weighted by Gasteiger charge is 2.25. The number of anilines is 1. The van der Waals surface area contributed by atoms with E-state index < -0.39 is 0 Å². The smallest absolute Gasteiger partial charge is 0.120 e. The van der Waals surface area contributed by atoms with Crippen LogP contribution in [0.1, 0.15) is 90.0 Å². The Hall–Kier alpha value is -1.18. The van der Waals surface area contributed by atoms with Crippen LogP contribution in [-0.4, -0.2) is 12.6 Å². The minimum Gasteiger partial charge on any atom is -0.490 e. The van der Waals surface area contributed by atoms with Gasteiger partial charge in [0.05, 0.1) is 0 Å². The number of hydrogen-bond donors (Lipinski definition) is 1. The average molecular weight is 346 g/mol. The fraction of sp³-hybridized carbons (Fsp3) is 0.739. The van der Waals surface area contributed by atoms with Crippen LogP contribution in [0.2, 0.25) is 0 Å². The second-order valence-electron chi connectivity index (χ2n) is 7.81. The molecule has 0 amide bonds. The first-order chi connectivity index (χ1) is 12.2. The van der Waals surface area contributed by atoms with Crippen molar-refractivity contribution in [3.05, 3.63) is 23.8 Å². The van der Waals surface area contributed by atoms with Crippen LogP contribution in [0.3, 0.4) is 0 Å². The van der Waals surface area contributed by atoms with Crippen molar-refractivity contribution in [3.63, 3.8) is 0 Å². The number of benzene rings is 1. The second-order valence-corrected chi connectivity index (χ2v) is 7.81. The molecule has 25 heavy (non-hydrogen) atoms. The van der Waals surface area contributed by atoms with Gasteiger partial charge < -0.3 is 10.1 Å².